The standard InChI is InChI=1S/C9H15N3O2/c1-2-14-9(13)3-4-12-7-11-6-8(12)5-10/h6-7H,2-5,10H2,1H3. The zero-order valence-electron chi connectivity index (χ0n) is 8.27. The van der Waals surface area contributed by atoms with Crippen molar-refractivity contribution in [3.63, 3.8) is 0 Å². The lowest BCUT2D eigenvalue weighted by atomic mass is 10.4. The van der Waals surface area contributed by atoms with Crippen LogP contribution in [0.1, 0.15) is 19.0 Å². The van der Waals surface area contributed by atoms with Crippen molar-refractivity contribution in [2.45, 2.75) is 26.4 Å². The van der Waals surface area contributed by atoms with Crippen molar-refractivity contribution in [3.8, 4) is 0 Å². The summed E-state index contributed by atoms with van der Waals surface area (Å²) in [4.78, 5) is 15.0. The zero-order valence-corrected chi connectivity index (χ0v) is 8.27. The molecule has 0 bridgehead atoms. The molecular weight excluding hydrogens is 182 g/mol. The van der Waals surface area contributed by atoms with Crippen LogP contribution in [0.2, 0.25) is 0 Å². The predicted octanol–water partition coefficient (Wildman–Crippen LogP) is 0.295. The van der Waals surface area contributed by atoms with Crippen LogP contribution in [0.3, 0.4) is 0 Å². The van der Waals surface area contributed by atoms with Gasteiger partial charge in [0.25, 0.3) is 0 Å². The molecule has 0 saturated heterocycles. The maximum absolute atomic E-state index is 11.1. The number of imidazole rings is 1. The summed E-state index contributed by atoms with van der Waals surface area (Å²) in [6, 6.07) is 0. The van der Waals surface area contributed by atoms with Gasteiger partial charge < -0.3 is 15.0 Å². The van der Waals surface area contributed by atoms with E-state index in [9.17, 15) is 4.79 Å². The van der Waals surface area contributed by atoms with E-state index in [0.29, 0.717) is 26.1 Å². The van der Waals surface area contributed by atoms with Gasteiger partial charge in [-0.25, -0.2) is 4.98 Å². The van der Waals surface area contributed by atoms with Crippen LogP contribution < -0.4 is 5.73 Å². The Hall–Kier alpha value is -1.36. The molecule has 0 aliphatic carbocycles. The molecule has 0 atom stereocenters. The largest absolute Gasteiger partial charge is 0.466 e. The van der Waals surface area contributed by atoms with Crippen LogP contribution >= 0.6 is 0 Å². The number of aryl methyl sites for hydroxylation is 1. The van der Waals surface area contributed by atoms with Gasteiger partial charge in [0.15, 0.2) is 0 Å². The monoisotopic (exact) mass is 197 g/mol. The average molecular weight is 197 g/mol. The quantitative estimate of drug-likeness (QED) is 0.689. The summed E-state index contributed by atoms with van der Waals surface area (Å²) in [6.45, 7) is 3.22. The summed E-state index contributed by atoms with van der Waals surface area (Å²) >= 11 is 0. The first-order chi connectivity index (χ1) is 6.77. The second-order valence-electron chi connectivity index (χ2n) is 2.84. The Balaban J connectivity index is 2.41. The molecule has 0 spiro atoms. The van der Waals surface area contributed by atoms with Gasteiger partial charge in [-0.05, 0) is 6.92 Å². The lowest BCUT2D eigenvalue weighted by molar-refractivity contribution is -0.143. The van der Waals surface area contributed by atoms with Gasteiger partial charge in [-0.15, -0.1) is 0 Å². The SMILES string of the molecule is CCOC(=O)CCn1cncc1CN. The number of ether oxygens (including phenoxy) is 1. The Labute approximate surface area is 82.9 Å². The first-order valence-electron chi connectivity index (χ1n) is 4.62. The predicted molar refractivity (Wildman–Crippen MR) is 51.4 cm³/mol. The zero-order chi connectivity index (χ0) is 10.4. The molecule has 5 nitrogen and oxygen atoms in total. The first-order valence-corrected chi connectivity index (χ1v) is 4.62. The Morgan fingerprint density at radius 3 is 3.14 bits per heavy atom. The van der Waals surface area contributed by atoms with E-state index in [-0.39, 0.29) is 5.97 Å². The smallest absolute Gasteiger partial charge is 0.307 e. The van der Waals surface area contributed by atoms with E-state index >= 15 is 0 Å². The van der Waals surface area contributed by atoms with Crippen molar-refractivity contribution in [2.24, 2.45) is 5.73 Å². The molecule has 1 heterocycles. The minimum absolute atomic E-state index is 0.191. The van der Waals surface area contributed by atoms with Crippen molar-refractivity contribution in [3.05, 3.63) is 18.2 Å². The maximum Gasteiger partial charge on any atom is 0.307 e. The third-order valence-corrected chi connectivity index (χ3v) is 1.87. The molecule has 0 radical (unpaired) electrons. The van der Waals surface area contributed by atoms with Crippen molar-refractivity contribution in [1.29, 1.82) is 0 Å². The van der Waals surface area contributed by atoms with Crippen LogP contribution in [0.15, 0.2) is 12.5 Å². The van der Waals surface area contributed by atoms with Crippen LogP contribution in [-0.4, -0.2) is 22.1 Å². The minimum Gasteiger partial charge on any atom is -0.466 e. The molecule has 0 aromatic carbocycles. The van der Waals surface area contributed by atoms with Crippen LogP contribution in [-0.2, 0) is 22.6 Å². The highest BCUT2D eigenvalue weighted by Crippen LogP contribution is 2.00. The van der Waals surface area contributed by atoms with Crippen molar-refractivity contribution < 1.29 is 9.53 Å². The van der Waals surface area contributed by atoms with Gasteiger partial charge in [-0.2, -0.15) is 0 Å². The molecule has 0 aliphatic rings. The number of aromatic nitrogens is 2. The summed E-state index contributed by atoms with van der Waals surface area (Å²) in [5.41, 5.74) is 6.41. The van der Waals surface area contributed by atoms with E-state index < -0.39 is 0 Å². The minimum atomic E-state index is -0.191. The fourth-order valence-electron chi connectivity index (χ4n) is 1.16. The van der Waals surface area contributed by atoms with Crippen LogP contribution in [0.5, 0.6) is 0 Å². The molecule has 0 fully saturated rings. The summed E-state index contributed by atoms with van der Waals surface area (Å²) < 4.78 is 6.67. The van der Waals surface area contributed by atoms with E-state index in [4.69, 9.17) is 10.5 Å². The third kappa shape index (κ3) is 2.85. The number of esters is 1. The number of carbonyl (C=O) groups is 1. The Bertz CT molecular complexity index is 296. The van der Waals surface area contributed by atoms with Gasteiger partial charge in [0.05, 0.1) is 25.0 Å². The summed E-state index contributed by atoms with van der Waals surface area (Å²) in [5.74, 6) is -0.191. The van der Waals surface area contributed by atoms with Gasteiger partial charge >= 0.3 is 5.97 Å². The normalized spacial score (nSPS) is 10.1. The Morgan fingerprint density at radius 2 is 2.50 bits per heavy atom. The Morgan fingerprint density at radius 1 is 1.71 bits per heavy atom. The van der Waals surface area contributed by atoms with Gasteiger partial charge in [0.2, 0.25) is 0 Å². The molecule has 14 heavy (non-hydrogen) atoms. The topological polar surface area (TPSA) is 70.1 Å². The van der Waals surface area contributed by atoms with E-state index in [1.54, 1.807) is 19.4 Å². The number of rotatable bonds is 5. The number of hydrogen-bond donors (Lipinski definition) is 1. The molecule has 78 valence electrons. The lowest BCUT2D eigenvalue weighted by Gasteiger charge is -2.05. The number of nitrogens with zero attached hydrogens (tertiary/aromatic N) is 2. The lowest BCUT2D eigenvalue weighted by Crippen LogP contribution is -2.11. The summed E-state index contributed by atoms with van der Waals surface area (Å²) in [5, 5.41) is 0. The molecule has 0 amide bonds. The van der Waals surface area contributed by atoms with E-state index in [1.165, 1.54) is 0 Å². The molecule has 1 rings (SSSR count). The molecule has 0 saturated carbocycles. The third-order valence-electron chi connectivity index (χ3n) is 1.87. The highest BCUT2D eigenvalue weighted by atomic mass is 16.5. The number of hydrogen-bond acceptors (Lipinski definition) is 4. The second kappa shape index (κ2) is 5.39. The van der Waals surface area contributed by atoms with Gasteiger partial charge in [0.1, 0.15) is 0 Å². The maximum atomic E-state index is 11.1. The van der Waals surface area contributed by atoms with Crippen molar-refractivity contribution >= 4 is 5.97 Å². The highest BCUT2D eigenvalue weighted by molar-refractivity contribution is 5.69. The fraction of sp³-hybridized carbons (Fsp3) is 0.556. The molecule has 0 aliphatic heterocycles. The first kappa shape index (κ1) is 10.7. The van der Waals surface area contributed by atoms with E-state index in [0.717, 1.165) is 5.69 Å². The summed E-state index contributed by atoms with van der Waals surface area (Å²) in [7, 11) is 0. The number of carbonyl (C=O) groups excluding carboxylic acids is 1. The molecular formula is C9H15N3O2. The second-order valence-corrected chi connectivity index (χ2v) is 2.84. The molecule has 2 N–H and O–H groups in total. The van der Waals surface area contributed by atoms with Gasteiger partial charge in [0, 0.05) is 19.3 Å². The van der Waals surface area contributed by atoms with E-state index in [2.05, 4.69) is 4.98 Å². The van der Waals surface area contributed by atoms with E-state index in [1.807, 2.05) is 4.57 Å². The van der Waals surface area contributed by atoms with Crippen LogP contribution in [0, 0.1) is 0 Å². The number of nitrogens with two attached hydrogens (primary N) is 1. The highest BCUT2D eigenvalue weighted by Gasteiger charge is 2.04. The van der Waals surface area contributed by atoms with Gasteiger partial charge in [-0.3, -0.25) is 4.79 Å². The van der Waals surface area contributed by atoms with Crippen LogP contribution in [0.4, 0.5) is 0 Å². The van der Waals surface area contributed by atoms with Gasteiger partial charge in [-0.1, -0.05) is 0 Å². The molecule has 1 aromatic heterocycles. The molecule has 0 unspecified atom stereocenters. The fourth-order valence-corrected chi connectivity index (χ4v) is 1.16. The molecule has 5 heteroatoms. The van der Waals surface area contributed by atoms with Crippen molar-refractivity contribution in [1.82, 2.24) is 9.55 Å². The van der Waals surface area contributed by atoms with Crippen LogP contribution in [0.25, 0.3) is 0 Å². The van der Waals surface area contributed by atoms with Crippen molar-refractivity contribution in [2.75, 3.05) is 6.61 Å². The summed E-state index contributed by atoms with van der Waals surface area (Å²) in [6.07, 6.45) is 3.73. The Kier molecular flexibility index (Phi) is 4.12. The molecule has 1 aromatic rings. The average Bonchev–Trinajstić information content (AvgIpc) is 2.62.